The Balaban J connectivity index is 1.46. The van der Waals surface area contributed by atoms with Gasteiger partial charge in [-0.15, -0.1) is 0 Å². The van der Waals surface area contributed by atoms with Gasteiger partial charge in [0.1, 0.15) is 0 Å². The minimum absolute atomic E-state index is 0.267. The topological polar surface area (TPSA) is 38.3 Å². The summed E-state index contributed by atoms with van der Waals surface area (Å²) in [4.78, 5) is 11.7. The fourth-order valence-electron chi connectivity index (χ4n) is 2.92. The van der Waals surface area contributed by atoms with Gasteiger partial charge in [0.2, 0.25) is 5.91 Å². The van der Waals surface area contributed by atoms with Crippen LogP contribution in [0.15, 0.2) is 0 Å². The van der Waals surface area contributed by atoms with E-state index in [0.717, 1.165) is 32.4 Å². The summed E-state index contributed by atoms with van der Waals surface area (Å²) in [6.45, 7) is 1.58. The Kier molecular flexibility index (Phi) is 5.30. The molecule has 3 heteroatoms. The molecule has 2 saturated carbocycles. The summed E-state index contributed by atoms with van der Waals surface area (Å²) < 4.78 is 5.76. The summed E-state index contributed by atoms with van der Waals surface area (Å²) >= 11 is 0. The summed E-state index contributed by atoms with van der Waals surface area (Å²) in [5.74, 6) is 0.564. The Bertz CT molecular complexity index is 230. The lowest BCUT2D eigenvalue weighted by molar-refractivity contribution is -0.124. The lowest BCUT2D eigenvalue weighted by Crippen LogP contribution is -2.30. The minimum atomic E-state index is 0.267. The van der Waals surface area contributed by atoms with Gasteiger partial charge in [0.15, 0.2) is 0 Å². The highest BCUT2D eigenvalue weighted by molar-refractivity contribution is 5.78. The van der Waals surface area contributed by atoms with E-state index in [-0.39, 0.29) is 5.91 Å². The lowest BCUT2D eigenvalue weighted by atomic mass is 10.1. The fourth-order valence-corrected chi connectivity index (χ4v) is 2.92. The maximum Gasteiger partial charge on any atom is 0.223 e. The van der Waals surface area contributed by atoms with Crippen LogP contribution in [0.3, 0.4) is 0 Å². The summed E-state index contributed by atoms with van der Waals surface area (Å²) in [6.07, 6.45) is 11.2. The zero-order valence-electron chi connectivity index (χ0n) is 10.7. The molecule has 0 spiro atoms. The number of carbonyl (C=O) groups is 1. The summed E-state index contributed by atoms with van der Waals surface area (Å²) in [5.41, 5.74) is 0. The lowest BCUT2D eigenvalue weighted by Gasteiger charge is -2.12. The standard InChI is InChI=1S/C14H25NO2/c16-14(12-6-1-2-7-12)15-10-5-11-17-13-8-3-4-9-13/h12-13H,1-11H2,(H,15,16). The van der Waals surface area contributed by atoms with E-state index < -0.39 is 0 Å². The third-order valence-corrected chi connectivity index (χ3v) is 4.00. The second-order valence-electron chi connectivity index (χ2n) is 5.40. The third kappa shape index (κ3) is 4.30. The number of ether oxygens (including phenoxy) is 1. The van der Waals surface area contributed by atoms with Gasteiger partial charge in [-0.2, -0.15) is 0 Å². The molecule has 0 atom stereocenters. The van der Waals surface area contributed by atoms with Gasteiger partial charge in [0, 0.05) is 19.1 Å². The first-order valence-electron chi connectivity index (χ1n) is 7.25. The smallest absolute Gasteiger partial charge is 0.223 e. The van der Waals surface area contributed by atoms with Crippen molar-refractivity contribution in [3.05, 3.63) is 0 Å². The fraction of sp³-hybridized carbons (Fsp3) is 0.929. The van der Waals surface area contributed by atoms with Crippen molar-refractivity contribution in [1.29, 1.82) is 0 Å². The highest BCUT2D eigenvalue weighted by atomic mass is 16.5. The Morgan fingerprint density at radius 2 is 1.71 bits per heavy atom. The molecule has 2 aliphatic carbocycles. The molecular formula is C14H25NO2. The second kappa shape index (κ2) is 7.00. The Morgan fingerprint density at radius 3 is 2.41 bits per heavy atom. The van der Waals surface area contributed by atoms with Gasteiger partial charge in [-0.3, -0.25) is 4.79 Å². The molecule has 1 amide bonds. The van der Waals surface area contributed by atoms with Gasteiger partial charge < -0.3 is 10.1 Å². The van der Waals surface area contributed by atoms with Gasteiger partial charge in [0.05, 0.1) is 6.10 Å². The van der Waals surface area contributed by atoms with E-state index >= 15 is 0 Å². The van der Waals surface area contributed by atoms with E-state index in [1.807, 2.05) is 0 Å². The molecule has 0 aliphatic heterocycles. The molecule has 2 aliphatic rings. The van der Waals surface area contributed by atoms with Crippen molar-refractivity contribution in [2.45, 2.75) is 63.9 Å². The SMILES string of the molecule is O=C(NCCCOC1CCCC1)C1CCCC1. The summed E-state index contributed by atoms with van der Waals surface area (Å²) in [6, 6.07) is 0. The molecule has 3 nitrogen and oxygen atoms in total. The number of hydrogen-bond acceptors (Lipinski definition) is 2. The quantitative estimate of drug-likeness (QED) is 0.724. The minimum Gasteiger partial charge on any atom is -0.378 e. The highest BCUT2D eigenvalue weighted by Gasteiger charge is 2.22. The van der Waals surface area contributed by atoms with Crippen LogP contribution in [-0.4, -0.2) is 25.2 Å². The van der Waals surface area contributed by atoms with Crippen LogP contribution in [0.5, 0.6) is 0 Å². The molecular weight excluding hydrogens is 214 g/mol. The molecule has 0 radical (unpaired) electrons. The largest absolute Gasteiger partial charge is 0.378 e. The first-order chi connectivity index (χ1) is 8.36. The van der Waals surface area contributed by atoms with Crippen molar-refractivity contribution in [3.63, 3.8) is 0 Å². The van der Waals surface area contributed by atoms with E-state index in [2.05, 4.69) is 5.32 Å². The summed E-state index contributed by atoms with van der Waals surface area (Å²) in [5, 5.41) is 3.03. The van der Waals surface area contributed by atoms with E-state index in [0.29, 0.717) is 12.0 Å². The van der Waals surface area contributed by atoms with Crippen LogP contribution in [0, 0.1) is 5.92 Å². The molecule has 0 bridgehead atoms. The van der Waals surface area contributed by atoms with Gasteiger partial charge in [0.25, 0.3) is 0 Å². The second-order valence-corrected chi connectivity index (χ2v) is 5.40. The molecule has 17 heavy (non-hydrogen) atoms. The number of amides is 1. The zero-order chi connectivity index (χ0) is 11.9. The van der Waals surface area contributed by atoms with Crippen LogP contribution in [-0.2, 0) is 9.53 Å². The maximum atomic E-state index is 11.7. The van der Waals surface area contributed by atoms with Crippen molar-refractivity contribution in [2.24, 2.45) is 5.92 Å². The van der Waals surface area contributed by atoms with E-state index in [4.69, 9.17) is 4.74 Å². The zero-order valence-corrected chi connectivity index (χ0v) is 10.7. The molecule has 2 rings (SSSR count). The first-order valence-corrected chi connectivity index (χ1v) is 7.25. The predicted octanol–water partition coefficient (Wildman–Crippen LogP) is 2.64. The molecule has 0 heterocycles. The average molecular weight is 239 g/mol. The van der Waals surface area contributed by atoms with Crippen LogP contribution in [0.4, 0.5) is 0 Å². The Hall–Kier alpha value is -0.570. The monoisotopic (exact) mass is 239 g/mol. The number of nitrogens with one attached hydrogen (secondary N) is 1. The van der Waals surface area contributed by atoms with Gasteiger partial charge in [-0.1, -0.05) is 25.7 Å². The molecule has 1 N–H and O–H groups in total. The number of carbonyl (C=O) groups excluding carboxylic acids is 1. The van der Waals surface area contributed by atoms with Crippen LogP contribution in [0.2, 0.25) is 0 Å². The average Bonchev–Trinajstić information content (AvgIpc) is 3.01. The first kappa shape index (κ1) is 12.9. The highest BCUT2D eigenvalue weighted by Crippen LogP contribution is 2.24. The molecule has 0 aromatic heterocycles. The molecule has 0 unspecified atom stereocenters. The van der Waals surface area contributed by atoms with Crippen molar-refractivity contribution in [1.82, 2.24) is 5.32 Å². The molecule has 98 valence electrons. The Morgan fingerprint density at radius 1 is 1.06 bits per heavy atom. The number of rotatable bonds is 6. The predicted molar refractivity (Wildman–Crippen MR) is 67.8 cm³/mol. The van der Waals surface area contributed by atoms with Crippen molar-refractivity contribution < 1.29 is 9.53 Å². The maximum absolute atomic E-state index is 11.7. The van der Waals surface area contributed by atoms with Gasteiger partial charge >= 0.3 is 0 Å². The van der Waals surface area contributed by atoms with E-state index in [9.17, 15) is 4.79 Å². The van der Waals surface area contributed by atoms with Gasteiger partial charge in [-0.25, -0.2) is 0 Å². The molecule has 2 fully saturated rings. The normalized spacial score (nSPS) is 22.1. The van der Waals surface area contributed by atoms with E-state index in [1.54, 1.807) is 0 Å². The molecule has 0 aromatic rings. The Labute approximate surface area is 104 Å². The van der Waals surface area contributed by atoms with Crippen LogP contribution in [0.25, 0.3) is 0 Å². The number of hydrogen-bond donors (Lipinski definition) is 1. The van der Waals surface area contributed by atoms with Crippen molar-refractivity contribution in [3.8, 4) is 0 Å². The summed E-state index contributed by atoms with van der Waals surface area (Å²) in [7, 11) is 0. The van der Waals surface area contributed by atoms with Crippen LogP contribution < -0.4 is 5.32 Å². The van der Waals surface area contributed by atoms with Crippen molar-refractivity contribution >= 4 is 5.91 Å². The molecule has 0 saturated heterocycles. The van der Waals surface area contributed by atoms with Crippen molar-refractivity contribution in [2.75, 3.05) is 13.2 Å². The van der Waals surface area contributed by atoms with E-state index in [1.165, 1.54) is 38.5 Å². The third-order valence-electron chi connectivity index (χ3n) is 4.00. The van der Waals surface area contributed by atoms with Crippen LogP contribution >= 0.6 is 0 Å². The van der Waals surface area contributed by atoms with Crippen LogP contribution in [0.1, 0.15) is 57.8 Å². The van der Waals surface area contributed by atoms with Gasteiger partial charge in [-0.05, 0) is 32.1 Å². The molecule has 0 aromatic carbocycles.